The molecular formula is C24H32N2O4S. The average molecular weight is 445 g/mol. The Morgan fingerprint density at radius 1 is 1.10 bits per heavy atom. The van der Waals surface area contributed by atoms with Gasteiger partial charge in [-0.3, -0.25) is 4.79 Å². The van der Waals surface area contributed by atoms with Crippen LogP contribution in [-0.4, -0.2) is 44.4 Å². The molecule has 1 aliphatic heterocycles. The predicted octanol–water partition coefficient (Wildman–Crippen LogP) is 3.43. The molecule has 1 aliphatic rings. The summed E-state index contributed by atoms with van der Waals surface area (Å²) in [5.74, 6) is 0.575. The van der Waals surface area contributed by atoms with Gasteiger partial charge in [-0.15, -0.1) is 0 Å². The summed E-state index contributed by atoms with van der Waals surface area (Å²) in [6.45, 7) is 6.99. The molecule has 1 N–H and O–H groups in total. The van der Waals surface area contributed by atoms with Crippen LogP contribution in [0.1, 0.15) is 36.5 Å². The Kier molecular flexibility index (Phi) is 7.73. The quantitative estimate of drug-likeness (QED) is 0.677. The molecule has 1 saturated heterocycles. The third-order valence-corrected chi connectivity index (χ3v) is 7.55. The molecule has 0 bridgehead atoms. The van der Waals surface area contributed by atoms with Crippen molar-refractivity contribution in [1.29, 1.82) is 0 Å². The Bertz CT molecular complexity index is 981. The second-order valence-electron chi connectivity index (χ2n) is 8.39. The van der Waals surface area contributed by atoms with Gasteiger partial charge < -0.3 is 10.1 Å². The van der Waals surface area contributed by atoms with Gasteiger partial charge in [0.2, 0.25) is 15.9 Å². The Morgan fingerprint density at radius 2 is 1.74 bits per heavy atom. The van der Waals surface area contributed by atoms with Gasteiger partial charge in [0.15, 0.2) is 0 Å². The van der Waals surface area contributed by atoms with E-state index in [0.717, 1.165) is 16.9 Å². The summed E-state index contributed by atoms with van der Waals surface area (Å²) >= 11 is 0. The van der Waals surface area contributed by atoms with Gasteiger partial charge >= 0.3 is 0 Å². The summed E-state index contributed by atoms with van der Waals surface area (Å²) in [4.78, 5) is 12.6. The number of carbonyl (C=O) groups is 1. The first-order valence-corrected chi connectivity index (χ1v) is 12.4. The SMILES string of the molecule is Cc1ccc(OC[C@H](C)NC(=O)C2CCN(S(=O)(=O)Cc3ccccc3C)CC2)cc1. The van der Waals surface area contributed by atoms with Gasteiger partial charge in [0.05, 0.1) is 11.8 Å². The summed E-state index contributed by atoms with van der Waals surface area (Å²) in [6.07, 6.45) is 1.06. The molecule has 2 aromatic rings. The van der Waals surface area contributed by atoms with Crippen LogP contribution in [-0.2, 0) is 20.6 Å². The van der Waals surface area contributed by atoms with Crippen molar-refractivity contribution in [1.82, 2.24) is 9.62 Å². The standard InChI is InChI=1S/C24H32N2O4S/c1-18-8-10-23(11-9-18)30-16-20(3)25-24(27)21-12-14-26(15-13-21)31(28,29)17-22-7-5-4-6-19(22)2/h4-11,20-21H,12-17H2,1-3H3,(H,25,27)/t20-/m0/s1. The van der Waals surface area contributed by atoms with Crippen molar-refractivity contribution in [3.63, 3.8) is 0 Å². The van der Waals surface area contributed by atoms with Crippen LogP contribution in [0.25, 0.3) is 0 Å². The third-order valence-electron chi connectivity index (χ3n) is 5.73. The molecule has 31 heavy (non-hydrogen) atoms. The Morgan fingerprint density at radius 3 is 2.39 bits per heavy atom. The van der Waals surface area contributed by atoms with Crippen molar-refractivity contribution in [2.24, 2.45) is 5.92 Å². The highest BCUT2D eigenvalue weighted by atomic mass is 32.2. The first-order chi connectivity index (χ1) is 14.7. The van der Waals surface area contributed by atoms with Crippen LogP contribution in [0.3, 0.4) is 0 Å². The maximum atomic E-state index is 12.8. The Hall–Kier alpha value is -2.38. The monoisotopic (exact) mass is 444 g/mol. The largest absolute Gasteiger partial charge is 0.491 e. The number of hydrogen-bond donors (Lipinski definition) is 1. The lowest BCUT2D eigenvalue weighted by Crippen LogP contribution is -2.46. The van der Waals surface area contributed by atoms with Crippen LogP contribution < -0.4 is 10.1 Å². The van der Waals surface area contributed by atoms with E-state index in [-0.39, 0.29) is 23.6 Å². The van der Waals surface area contributed by atoms with E-state index in [1.54, 1.807) is 0 Å². The molecule has 6 nitrogen and oxygen atoms in total. The first kappa shape index (κ1) is 23.3. The molecule has 1 amide bonds. The molecule has 0 aromatic heterocycles. The van der Waals surface area contributed by atoms with Gasteiger partial charge in [0, 0.05) is 19.0 Å². The summed E-state index contributed by atoms with van der Waals surface area (Å²) in [7, 11) is -3.39. The van der Waals surface area contributed by atoms with Gasteiger partial charge in [-0.05, 0) is 56.9 Å². The number of hydrogen-bond acceptors (Lipinski definition) is 4. The summed E-state index contributed by atoms with van der Waals surface area (Å²) < 4.78 is 32.9. The fourth-order valence-corrected chi connectivity index (χ4v) is 5.38. The maximum Gasteiger partial charge on any atom is 0.223 e. The van der Waals surface area contributed by atoms with Gasteiger partial charge in [0.1, 0.15) is 12.4 Å². The summed E-state index contributed by atoms with van der Waals surface area (Å²) in [5.41, 5.74) is 2.97. The Labute approximate surface area is 185 Å². The van der Waals surface area contributed by atoms with E-state index in [1.165, 1.54) is 9.87 Å². The highest BCUT2D eigenvalue weighted by Gasteiger charge is 2.31. The van der Waals surface area contributed by atoms with E-state index < -0.39 is 10.0 Å². The highest BCUT2D eigenvalue weighted by molar-refractivity contribution is 7.88. The van der Waals surface area contributed by atoms with E-state index in [9.17, 15) is 13.2 Å². The van der Waals surface area contributed by atoms with Crippen LogP contribution in [0.15, 0.2) is 48.5 Å². The van der Waals surface area contributed by atoms with Crippen molar-refractivity contribution >= 4 is 15.9 Å². The molecule has 1 fully saturated rings. The fourth-order valence-electron chi connectivity index (χ4n) is 3.71. The number of sulfonamides is 1. The van der Waals surface area contributed by atoms with Gasteiger partial charge in [-0.25, -0.2) is 12.7 Å². The van der Waals surface area contributed by atoms with Crippen molar-refractivity contribution in [3.05, 3.63) is 65.2 Å². The average Bonchev–Trinajstić information content (AvgIpc) is 2.75. The number of amides is 1. The van der Waals surface area contributed by atoms with Crippen LogP contribution in [0.4, 0.5) is 0 Å². The van der Waals surface area contributed by atoms with Gasteiger partial charge in [-0.2, -0.15) is 0 Å². The maximum absolute atomic E-state index is 12.8. The molecule has 7 heteroatoms. The zero-order valence-electron chi connectivity index (χ0n) is 18.5. The van der Waals surface area contributed by atoms with E-state index in [0.29, 0.717) is 32.5 Å². The van der Waals surface area contributed by atoms with E-state index in [1.807, 2.05) is 69.3 Å². The second-order valence-corrected chi connectivity index (χ2v) is 10.4. The highest BCUT2D eigenvalue weighted by Crippen LogP contribution is 2.23. The lowest BCUT2D eigenvalue weighted by molar-refractivity contribution is -0.126. The normalized spacial score (nSPS) is 16.6. The number of nitrogens with one attached hydrogen (secondary N) is 1. The Balaban J connectivity index is 1.45. The van der Waals surface area contributed by atoms with Crippen LogP contribution >= 0.6 is 0 Å². The molecule has 168 valence electrons. The molecule has 1 atom stereocenters. The second kappa shape index (κ2) is 10.3. The number of piperidine rings is 1. The van der Waals surface area contributed by atoms with Crippen LogP contribution in [0, 0.1) is 19.8 Å². The number of benzene rings is 2. The van der Waals surface area contributed by atoms with Crippen molar-refractivity contribution < 1.29 is 17.9 Å². The molecule has 0 radical (unpaired) electrons. The third kappa shape index (κ3) is 6.55. The zero-order valence-corrected chi connectivity index (χ0v) is 19.3. The van der Waals surface area contributed by atoms with Crippen molar-refractivity contribution in [3.8, 4) is 5.75 Å². The molecular weight excluding hydrogens is 412 g/mol. The molecule has 0 unspecified atom stereocenters. The minimum absolute atomic E-state index is 0.00389. The van der Waals surface area contributed by atoms with Crippen LogP contribution in [0.5, 0.6) is 5.75 Å². The van der Waals surface area contributed by atoms with Gasteiger partial charge in [0.25, 0.3) is 0 Å². The van der Waals surface area contributed by atoms with E-state index in [4.69, 9.17) is 4.74 Å². The van der Waals surface area contributed by atoms with Crippen molar-refractivity contribution in [2.75, 3.05) is 19.7 Å². The molecule has 1 heterocycles. The molecule has 3 rings (SSSR count). The lowest BCUT2D eigenvalue weighted by Gasteiger charge is -2.31. The molecule has 0 spiro atoms. The molecule has 0 aliphatic carbocycles. The smallest absolute Gasteiger partial charge is 0.223 e. The number of ether oxygens (including phenoxy) is 1. The number of nitrogens with zero attached hydrogens (tertiary/aromatic N) is 1. The fraction of sp³-hybridized carbons (Fsp3) is 0.458. The molecule has 2 aromatic carbocycles. The summed E-state index contributed by atoms with van der Waals surface area (Å²) in [6, 6.07) is 15.2. The lowest BCUT2D eigenvalue weighted by atomic mass is 9.97. The summed E-state index contributed by atoms with van der Waals surface area (Å²) in [5, 5.41) is 3.00. The topological polar surface area (TPSA) is 75.7 Å². The minimum Gasteiger partial charge on any atom is -0.491 e. The number of carbonyl (C=O) groups excluding carboxylic acids is 1. The molecule has 0 saturated carbocycles. The number of rotatable bonds is 8. The predicted molar refractivity (Wildman–Crippen MR) is 122 cm³/mol. The minimum atomic E-state index is -3.39. The van der Waals surface area contributed by atoms with Gasteiger partial charge in [-0.1, -0.05) is 42.0 Å². The zero-order chi connectivity index (χ0) is 22.4. The van der Waals surface area contributed by atoms with E-state index >= 15 is 0 Å². The van der Waals surface area contributed by atoms with Crippen molar-refractivity contribution in [2.45, 2.75) is 45.4 Å². The first-order valence-electron chi connectivity index (χ1n) is 10.8. The van der Waals surface area contributed by atoms with E-state index in [2.05, 4.69) is 5.32 Å². The number of aryl methyl sites for hydroxylation is 2. The van der Waals surface area contributed by atoms with Crippen LogP contribution in [0.2, 0.25) is 0 Å².